The van der Waals surface area contributed by atoms with Crippen molar-refractivity contribution in [2.24, 2.45) is 0 Å². The second-order valence-electron chi connectivity index (χ2n) is 6.49. The number of carbonyl (C=O) groups is 1. The molecule has 3 rings (SSSR count). The lowest BCUT2D eigenvalue weighted by atomic mass is 10.1. The molecule has 3 N–H and O–H groups in total. The van der Waals surface area contributed by atoms with Gasteiger partial charge in [-0.15, -0.1) is 0 Å². The van der Waals surface area contributed by atoms with Gasteiger partial charge in [-0.1, -0.05) is 18.2 Å². The van der Waals surface area contributed by atoms with Gasteiger partial charge in [0.1, 0.15) is 11.6 Å². The molecule has 0 bridgehead atoms. The van der Waals surface area contributed by atoms with Crippen molar-refractivity contribution in [1.29, 1.82) is 0 Å². The van der Waals surface area contributed by atoms with Crippen molar-refractivity contribution in [3.8, 4) is 5.75 Å². The van der Waals surface area contributed by atoms with Crippen LogP contribution in [0.25, 0.3) is 0 Å². The van der Waals surface area contributed by atoms with E-state index in [1.165, 1.54) is 0 Å². The number of aryl methyl sites for hydroxylation is 1. The molecule has 0 saturated carbocycles. The Morgan fingerprint density at radius 1 is 1.03 bits per heavy atom. The van der Waals surface area contributed by atoms with E-state index in [0.717, 1.165) is 29.2 Å². The number of anilines is 4. The van der Waals surface area contributed by atoms with Crippen LogP contribution >= 0.6 is 0 Å². The van der Waals surface area contributed by atoms with Gasteiger partial charge in [0.05, 0.1) is 13.5 Å². The third-order valence-corrected chi connectivity index (χ3v) is 4.17. The lowest BCUT2D eigenvalue weighted by molar-refractivity contribution is -0.115. The molecule has 7 nitrogen and oxygen atoms in total. The van der Waals surface area contributed by atoms with Gasteiger partial charge in [-0.25, -0.2) is 4.98 Å². The maximum Gasteiger partial charge on any atom is 0.228 e. The van der Waals surface area contributed by atoms with Gasteiger partial charge in [0.25, 0.3) is 0 Å². The molecule has 0 saturated heterocycles. The number of aromatic nitrogens is 2. The van der Waals surface area contributed by atoms with Crippen LogP contribution in [0.5, 0.6) is 5.75 Å². The highest BCUT2D eigenvalue weighted by Gasteiger charge is 2.09. The number of nitrogens with zero attached hydrogens (tertiary/aromatic N) is 2. The molecule has 0 aliphatic rings. The minimum absolute atomic E-state index is 0.100. The Labute approximate surface area is 170 Å². The Balaban J connectivity index is 1.62. The van der Waals surface area contributed by atoms with E-state index in [4.69, 9.17) is 4.74 Å². The van der Waals surface area contributed by atoms with Crippen LogP contribution < -0.4 is 20.7 Å². The van der Waals surface area contributed by atoms with E-state index in [0.29, 0.717) is 17.5 Å². The number of ether oxygens (including phenoxy) is 1. The number of carbonyl (C=O) groups excluding carboxylic acids is 1. The molecule has 0 atom stereocenters. The minimum Gasteiger partial charge on any atom is -0.496 e. The molecule has 29 heavy (non-hydrogen) atoms. The Morgan fingerprint density at radius 2 is 1.76 bits per heavy atom. The molecule has 7 heteroatoms. The van der Waals surface area contributed by atoms with Gasteiger partial charge in [0, 0.05) is 35.2 Å². The highest BCUT2D eigenvalue weighted by atomic mass is 16.5. The van der Waals surface area contributed by atoms with Gasteiger partial charge in [0.2, 0.25) is 11.9 Å². The summed E-state index contributed by atoms with van der Waals surface area (Å²) in [6.07, 6.45) is 0.247. The van der Waals surface area contributed by atoms with Crippen molar-refractivity contribution < 1.29 is 9.53 Å². The zero-order valence-electron chi connectivity index (χ0n) is 16.8. The molecule has 0 unspecified atom stereocenters. The monoisotopic (exact) mass is 391 g/mol. The Hall–Kier alpha value is -3.61. The fraction of sp³-hybridized carbons (Fsp3) is 0.227. The van der Waals surface area contributed by atoms with Crippen LogP contribution in [-0.4, -0.2) is 29.5 Å². The summed E-state index contributed by atoms with van der Waals surface area (Å²) in [6, 6.07) is 16.9. The molecule has 2 aromatic carbocycles. The number of nitrogens with one attached hydrogen (secondary N) is 3. The molecule has 3 aromatic rings. The quantitative estimate of drug-likeness (QED) is 0.535. The molecule has 0 spiro atoms. The van der Waals surface area contributed by atoms with Gasteiger partial charge >= 0.3 is 0 Å². The minimum atomic E-state index is -0.100. The first-order chi connectivity index (χ1) is 14.1. The van der Waals surface area contributed by atoms with Gasteiger partial charge in [0.15, 0.2) is 0 Å². The second kappa shape index (κ2) is 9.54. The summed E-state index contributed by atoms with van der Waals surface area (Å²) in [7, 11) is 1.60. The summed E-state index contributed by atoms with van der Waals surface area (Å²) in [5.74, 6) is 1.91. The smallest absolute Gasteiger partial charge is 0.228 e. The first-order valence-corrected chi connectivity index (χ1v) is 9.45. The van der Waals surface area contributed by atoms with Gasteiger partial charge in [-0.05, 0) is 44.2 Å². The fourth-order valence-electron chi connectivity index (χ4n) is 2.88. The van der Waals surface area contributed by atoms with Crippen molar-refractivity contribution in [2.75, 3.05) is 29.6 Å². The van der Waals surface area contributed by atoms with Crippen LogP contribution in [0.2, 0.25) is 0 Å². The first kappa shape index (κ1) is 20.1. The number of benzene rings is 2. The molecule has 0 aliphatic carbocycles. The Bertz CT molecular complexity index is 973. The number of amides is 1. The summed E-state index contributed by atoms with van der Waals surface area (Å²) in [5, 5.41) is 9.28. The molecule has 0 fully saturated rings. The zero-order chi connectivity index (χ0) is 20.6. The number of rotatable bonds is 8. The van der Waals surface area contributed by atoms with Crippen LogP contribution in [-0.2, 0) is 11.2 Å². The summed E-state index contributed by atoms with van der Waals surface area (Å²) in [4.78, 5) is 21.1. The summed E-state index contributed by atoms with van der Waals surface area (Å²) in [6.45, 7) is 4.68. The highest BCUT2D eigenvalue weighted by molar-refractivity contribution is 5.92. The van der Waals surface area contributed by atoms with Crippen LogP contribution in [0.4, 0.5) is 23.1 Å². The molecule has 1 amide bonds. The van der Waals surface area contributed by atoms with Crippen molar-refractivity contribution in [2.45, 2.75) is 20.3 Å². The number of hydrogen-bond acceptors (Lipinski definition) is 6. The molecule has 0 radical (unpaired) electrons. The van der Waals surface area contributed by atoms with Crippen molar-refractivity contribution in [3.05, 3.63) is 65.9 Å². The van der Waals surface area contributed by atoms with Crippen molar-refractivity contribution in [3.63, 3.8) is 0 Å². The lowest BCUT2D eigenvalue weighted by Gasteiger charge is -2.11. The van der Waals surface area contributed by atoms with Crippen LogP contribution in [0.15, 0.2) is 54.6 Å². The highest BCUT2D eigenvalue weighted by Crippen LogP contribution is 2.21. The summed E-state index contributed by atoms with van der Waals surface area (Å²) < 4.78 is 5.30. The topological polar surface area (TPSA) is 88.2 Å². The van der Waals surface area contributed by atoms with Crippen LogP contribution in [0, 0.1) is 6.92 Å². The van der Waals surface area contributed by atoms with Crippen LogP contribution in [0.1, 0.15) is 18.2 Å². The predicted molar refractivity (Wildman–Crippen MR) is 116 cm³/mol. The van der Waals surface area contributed by atoms with E-state index >= 15 is 0 Å². The van der Waals surface area contributed by atoms with E-state index in [9.17, 15) is 4.79 Å². The SMILES string of the molecule is CCNc1nc(C)cc(Nc2ccc(NC(=O)Cc3ccccc3OC)cc2)n1. The maximum atomic E-state index is 12.4. The Kier molecular flexibility index (Phi) is 6.63. The lowest BCUT2D eigenvalue weighted by Crippen LogP contribution is -2.14. The normalized spacial score (nSPS) is 10.3. The molecule has 1 heterocycles. The van der Waals surface area contributed by atoms with E-state index in [1.807, 2.05) is 68.4 Å². The number of para-hydroxylation sites is 1. The molecule has 1 aromatic heterocycles. The van der Waals surface area contributed by atoms with Crippen molar-refractivity contribution >= 4 is 29.0 Å². The van der Waals surface area contributed by atoms with Gasteiger partial charge in [-0.3, -0.25) is 4.79 Å². The zero-order valence-corrected chi connectivity index (χ0v) is 16.8. The maximum absolute atomic E-state index is 12.4. The van der Waals surface area contributed by atoms with E-state index in [1.54, 1.807) is 7.11 Å². The van der Waals surface area contributed by atoms with Crippen LogP contribution in [0.3, 0.4) is 0 Å². The van der Waals surface area contributed by atoms with E-state index < -0.39 is 0 Å². The predicted octanol–water partition coefficient (Wildman–Crippen LogP) is 4.15. The number of methoxy groups -OCH3 is 1. The fourth-order valence-corrected chi connectivity index (χ4v) is 2.88. The van der Waals surface area contributed by atoms with Gasteiger partial charge < -0.3 is 20.7 Å². The molecule has 150 valence electrons. The average molecular weight is 391 g/mol. The van der Waals surface area contributed by atoms with E-state index in [2.05, 4.69) is 25.9 Å². The first-order valence-electron chi connectivity index (χ1n) is 9.45. The molecular formula is C22H25N5O2. The molecular weight excluding hydrogens is 366 g/mol. The third-order valence-electron chi connectivity index (χ3n) is 4.17. The third kappa shape index (κ3) is 5.68. The Morgan fingerprint density at radius 3 is 2.48 bits per heavy atom. The summed E-state index contributed by atoms with van der Waals surface area (Å²) in [5.41, 5.74) is 3.32. The average Bonchev–Trinajstić information content (AvgIpc) is 2.70. The second-order valence-corrected chi connectivity index (χ2v) is 6.49. The van der Waals surface area contributed by atoms with Crippen molar-refractivity contribution in [1.82, 2.24) is 9.97 Å². The van der Waals surface area contributed by atoms with Gasteiger partial charge in [-0.2, -0.15) is 4.98 Å². The number of hydrogen-bond donors (Lipinski definition) is 3. The van der Waals surface area contributed by atoms with E-state index in [-0.39, 0.29) is 12.3 Å². The summed E-state index contributed by atoms with van der Waals surface area (Å²) >= 11 is 0. The molecule has 0 aliphatic heterocycles. The largest absolute Gasteiger partial charge is 0.496 e. The standard InChI is InChI=1S/C22H25N5O2/c1-4-23-22-24-15(2)13-20(27-22)25-17-9-11-18(12-10-17)26-21(28)14-16-7-5-6-8-19(16)29-3/h5-13H,4,14H2,1-3H3,(H,26,28)(H2,23,24,25,27).